The number of aromatic nitrogens is 2. The number of imidazole rings is 1. The van der Waals surface area contributed by atoms with Gasteiger partial charge in [0.15, 0.2) is 0 Å². The van der Waals surface area contributed by atoms with E-state index in [9.17, 15) is 8.42 Å². The van der Waals surface area contributed by atoms with Gasteiger partial charge in [0.05, 0.1) is 5.75 Å². The van der Waals surface area contributed by atoms with E-state index in [0.29, 0.717) is 10.8 Å². The van der Waals surface area contributed by atoms with Gasteiger partial charge in [-0.3, -0.25) is 0 Å². The molecule has 0 aliphatic carbocycles. The second-order valence-electron chi connectivity index (χ2n) is 5.74. The zero-order chi connectivity index (χ0) is 17.9. The minimum atomic E-state index is -3.57. The van der Waals surface area contributed by atoms with Gasteiger partial charge in [0, 0.05) is 24.5 Å². The summed E-state index contributed by atoms with van der Waals surface area (Å²) in [6.07, 6.45) is 3.42. The van der Waals surface area contributed by atoms with Gasteiger partial charge >= 0.3 is 0 Å². The molecular formula is C18H18ClN3O2S. The molecule has 0 amide bonds. The number of hydrogen-bond acceptors (Lipinski definition) is 3. The summed E-state index contributed by atoms with van der Waals surface area (Å²) in [4.78, 5) is 4.31. The Balaban J connectivity index is 1.92. The maximum absolute atomic E-state index is 12.7. The van der Waals surface area contributed by atoms with Crippen LogP contribution in [0.15, 0.2) is 67.0 Å². The summed E-state index contributed by atoms with van der Waals surface area (Å²) >= 11 is 5.95. The standard InChI is InChI=1S/C18H18ClN3O2S/c1-22-12-11-20-18(22)17(15-7-9-16(19)10-8-15)21-25(23,24)13-14-5-3-2-4-6-14/h2-12,17,21H,13H2,1H3/t17-/m1/s1. The van der Waals surface area contributed by atoms with Crippen LogP contribution < -0.4 is 4.72 Å². The van der Waals surface area contributed by atoms with Crippen LogP contribution in [-0.2, 0) is 22.8 Å². The molecule has 25 heavy (non-hydrogen) atoms. The predicted molar refractivity (Wildman–Crippen MR) is 98.7 cm³/mol. The van der Waals surface area contributed by atoms with E-state index in [1.54, 1.807) is 53.4 Å². The molecule has 1 N–H and O–H groups in total. The number of sulfonamides is 1. The Labute approximate surface area is 152 Å². The van der Waals surface area contributed by atoms with Gasteiger partial charge < -0.3 is 4.57 Å². The molecule has 3 rings (SSSR count). The lowest BCUT2D eigenvalue weighted by Gasteiger charge is -2.19. The summed E-state index contributed by atoms with van der Waals surface area (Å²) in [6.45, 7) is 0. The Hall–Kier alpha value is -2.15. The lowest BCUT2D eigenvalue weighted by atomic mass is 10.1. The van der Waals surface area contributed by atoms with Crippen molar-refractivity contribution in [1.29, 1.82) is 0 Å². The lowest BCUT2D eigenvalue weighted by molar-refractivity contribution is 0.562. The summed E-state index contributed by atoms with van der Waals surface area (Å²) in [6, 6.07) is 15.5. The molecule has 130 valence electrons. The number of nitrogens with zero attached hydrogens (tertiary/aromatic N) is 2. The smallest absolute Gasteiger partial charge is 0.216 e. The fourth-order valence-corrected chi connectivity index (χ4v) is 4.04. The van der Waals surface area contributed by atoms with E-state index in [4.69, 9.17) is 11.6 Å². The van der Waals surface area contributed by atoms with E-state index in [1.165, 1.54) is 0 Å². The van der Waals surface area contributed by atoms with Gasteiger partial charge in [-0.25, -0.2) is 13.4 Å². The second kappa shape index (κ2) is 7.39. The molecule has 0 bridgehead atoms. The quantitative estimate of drug-likeness (QED) is 0.719. The fourth-order valence-electron chi connectivity index (χ4n) is 2.60. The second-order valence-corrected chi connectivity index (χ2v) is 7.93. The highest BCUT2D eigenvalue weighted by molar-refractivity contribution is 7.88. The molecule has 0 saturated heterocycles. The Morgan fingerprint density at radius 3 is 2.40 bits per heavy atom. The summed E-state index contributed by atoms with van der Waals surface area (Å²) < 4.78 is 29.9. The highest BCUT2D eigenvalue weighted by Gasteiger charge is 2.24. The third-order valence-corrected chi connectivity index (χ3v) is 5.38. The van der Waals surface area contributed by atoms with E-state index in [2.05, 4.69) is 9.71 Å². The molecule has 2 aromatic carbocycles. The molecule has 7 heteroatoms. The van der Waals surface area contributed by atoms with Gasteiger partial charge in [-0.2, -0.15) is 4.72 Å². The third-order valence-electron chi connectivity index (χ3n) is 3.82. The third kappa shape index (κ3) is 4.48. The first-order valence-electron chi connectivity index (χ1n) is 7.71. The van der Waals surface area contributed by atoms with Gasteiger partial charge in [-0.05, 0) is 23.3 Å². The van der Waals surface area contributed by atoms with Gasteiger partial charge in [0.1, 0.15) is 11.9 Å². The number of hydrogen-bond donors (Lipinski definition) is 1. The molecule has 0 aliphatic rings. The van der Waals surface area contributed by atoms with Crippen LogP contribution in [-0.4, -0.2) is 18.0 Å². The van der Waals surface area contributed by atoms with Crippen LogP contribution in [0.1, 0.15) is 23.0 Å². The predicted octanol–water partition coefficient (Wildman–Crippen LogP) is 3.28. The van der Waals surface area contributed by atoms with Crippen molar-refractivity contribution in [2.75, 3.05) is 0 Å². The van der Waals surface area contributed by atoms with Gasteiger partial charge in [0.25, 0.3) is 0 Å². The van der Waals surface area contributed by atoms with Crippen molar-refractivity contribution < 1.29 is 8.42 Å². The van der Waals surface area contributed by atoms with Crippen molar-refractivity contribution in [3.8, 4) is 0 Å². The average Bonchev–Trinajstić information content (AvgIpc) is 3.00. The monoisotopic (exact) mass is 375 g/mol. The van der Waals surface area contributed by atoms with E-state index in [1.807, 2.05) is 25.2 Å². The first-order chi connectivity index (χ1) is 11.9. The van der Waals surface area contributed by atoms with Gasteiger partial charge in [-0.15, -0.1) is 0 Å². The maximum atomic E-state index is 12.7. The normalized spacial score (nSPS) is 12.9. The van der Waals surface area contributed by atoms with Crippen molar-refractivity contribution in [3.05, 3.63) is 89.0 Å². The topological polar surface area (TPSA) is 64.0 Å². The van der Waals surface area contributed by atoms with E-state index < -0.39 is 16.1 Å². The first kappa shape index (κ1) is 17.7. The fraction of sp³-hybridized carbons (Fsp3) is 0.167. The molecule has 1 aromatic heterocycles. The van der Waals surface area contributed by atoms with E-state index >= 15 is 0 Å². The summed E-state index contributed by atoms with van der Waals surface area (Å²) in [5.74, 6) is 0.515. The molecule has 0 saturated carbocycles. The van der Waals surface area contributed by atoms with E-state index in [-0.39, 0.29) is 5.75 Å². The van der Waals surface area contributed by atoms with Crippen molar-refractivity contribution in [3.63, 3.8) is 0 Å². The Kier molecular flexibility index (Phi) is 5.22. The molecule has 5 nitrogen and oxygen atoms in total. The summed E-state index contributed by atoms with van der Waals surface area (Å²) in [5.41, 5.74) is 1.50. The molecule has 3 aromatic rings. The molecule has 1 atom stereocenters. The van der Waals surface area contributed by atoms with Crippen LogP contribution in [0.2, 0.25) is 5.02 Å². The van der Waals surface area contributed by atoms with E-state index in [0.717, 1.165) is 11.1 Å². The minimum absolute atomic E-state index is 0.0949. The maximum Gasteiger partial charge on any atom is 0.216 e. The number of halogens is 1. The van der Waals surface area contributed by atoms with Crippen LogP contribution in [0.3, 0.4) is 0 Å². The first-order valence-corrected chi connectivity index (χ1v) is 9.74. The van der Waals surface area contributed by atoms with Crippen LogP contribution >= 0.6 is 11.6 Å². The largest absolute Gasteiger partial charge is 0.336 e. The summed E-state index contributed by atoms with van der Waals surface area (Å²) in [5, 5.41) is 0.592. The molecule has 0 unspecified atom stereocenters. The minimum Gasteiger partial charge on any atom is -0.336 e. The highest BCUT2D eigenvalue weighted by atomic mass is 35.5. The van der Waals surface area contributed by atoms with Crippen LogP contribution in [0.5, 0.6) is 0 Å². The number of benzene rings is 2. The SMILES string of the molecule is Cn1ccnc1[C@H](NS(=O)(=O)Cc1ccccc1)c1ccc(Cl)cc1. The highest BCUT2D eigenvalue weighted by Crippen LogP contribution is 2.23. The van der Waals surface area contributed by atoms with Crippen molar-refractivity contribution in [2.24, 2.45) is 7.05 Å². The number of aryl methyl sites for hydroxylation is 1. The van der Waals surface area contributed by atoms with Gasteiger partial charge in [-0.1, -0.05) is 54.1 Å². The lowest BCUT2D eigenvalue weighted by Crippen LogP contribution is -2.32. The zero-order valence-electron chi connectivity index (χ0n) is 13.6. The summed E-state index contributed by atoms with van der Waals surface area (Å²) in [7, 11) is -1.74. The Morgan fingerprint density at radius 2 is 1.80 bits per heavy atom. The molecule has 0 spiro atoms. The van der Waals surface area contributed by atoms with Crippen LogP contribution in [0, 0.1) is 0 Å². The average molecular weight is 376 g/mol. The number of rotatable bonds is 6. The molecular weight excluding hydrogens is 358 g/mol. The molecule has 0 radical (unpaired) electrons. The Morgan fingerprint density at radius 1 is 1.12 bits per heavy atom. The van der Waals surface area contributed by atoms with Crippen molar-refractivity contribution in [1.82, 2.24) is 14.3 Å². The van der Waals surface area contributed by atoms with Crippen molar-refractivity contribution in [2.45, 2.75) is 11.8 Å². The molecule has 0 fully saturated rings. The van der Waals surface area contributed by atoms with Crippen molar-refractivity contribution >= 4 is 21.6 Å². The molecule has 1 heterocycles. The van der Waals surface area contributed by atoms with Crippen LogP contribution in [0.25, 0.3) is 0 Å². The zero-order valence-corrected chi connectivity index (χ0v) is 15.2. The Bertz CT molecular complexity index is 938. The van der Waals surface area contributed by atoms with Gasteiger partial charge in [0.2, 0.25) is 10.0 Å². The van der Waals surface area contributed by atoms with Crippen LogP contribution in [0.4, 0.5) is 0 Å². The molecule has 0 aliphatic heterocycles. The number of nitrogens with one attached hydrogen (secondary N) is 1.